The minimum Gasteiger partial charge on any atom is -0.455 e. The maximum atomic E-state index is 12.8. The maximum Gasteiger partial charge on any atom is 0.139 e. The number of hydrogen-bond donors (Lipinski definition) is 2. The highest BCUT2D eigenvalue weighted by Crippen LogP contribution is 2.52. The summed E-state index contributed by atoms with van der Waals surface area (Å²) in [5.41, 5.74) is 11.2. The number of benzene rings is 10. The third-order valence-electron chi connectivity index (χ3n) is 13.9. The fourth-order valence-corrected chi connectivity index (χ4v) is 15.3. The van der Waals surface area contributed by atoms with E-state index in [4.69, 9.17) is 45.3 Å². The molecule has 1 aliphatic heterocycles. The van der Waals surface area contributed by atoms with Gasteiger partial charge in [-0.3, -0.25) is 0 Å². The van der Waals surface area contributed by atoms with Crippen LogP contribution in [0.5, 0.6) is 11.5 Å². The lowest BCUT2D eigenvalue weighted by Gasteiger charge is -2.38. The molecule has 0 spiro atoms. The van der Waals surface area contributed by atoms with E-state index < -0.39 is 15.8 Å². The van der Waals surface area contributed by atoms with Crippen molar-refractivity contribution < 1.29 is 13.5 Å². The Morgan fingerprint density at radius 1 is 0.446 bits per heavy atom. The quantitative estimate of drug-likeness (QED) is 0.105. The molecule has 0 radical (unpaired) electrons. The van der Waals surface area contributed by atoms with Gasteiger partial charge in [0.2, 0.25) is 0 Å². The Bertz CT molecular complexity index is 3880. The van der Waals surface area contributed by atoms with E-state index in [9.17, 15) is 8.78 Å². The fourth-order valence-electron chi connectivity index (χ4n) is 9.75. The number of nitrogens with one attached hydrogen (secondary N) is 1. The number of anilines is 1. The fraction of sp³-hybridized carbons (Fsp3) is 0.0704. The van der Waals surface area contributed by atoms with Crippen molar-refractivity contribution in [1.82, 2.24) is 9.97 Å². The van der Waals surface area contributed by atoms with E-state index in [1.807, 2.05) is 48.5 Å². The monoisotopic (exact) mass is 1190 g/mol. The molecule has 83 heavy (non-hydrogen) atoms. The van der Waals surface area contributed by atoms with Gasteiger partial charge in [-0.1, -0.05) is 267 Å². The van der Waals surface area contributed by atoms with Gasteiger partial charge in [-0.05, 0) is 96.7 Å². The maximum absolute atomic E-state index is 12.8. The molecular weight excluding hydrogens is 1130 g/mol. The molecule has 12 heteroatoms. The molecule has 0 saturated carbocycles. The van der Waals surface area contributed by atoms with Crippen LogP contribution in [0.4, 0.5) is 14.6 Å². The molecule has 12 aromatic rings. The van der Waals surface area contributed by atoms with Crippen LogP contribution in [0.15, 0.2) is 267 Å². The Hall–Kier alpha value is -7.83. The highest BCUT2D eigenvalue weighted by molar-refractivity contribution is 7.80. The van der Waals surface area contributed by atoms with Gasteiger partial charge in [-0.25, -0.2) is 18.7 Å². The minimum absolute atomic E-state index is 0.216. The van der Waals surface area contributed by atoms with Gasteiger partial charge in [-0.2, -0.15) is 0 Å². The van der Waals surface area contributed by atoms with Gasteiger partial charge in [0.25, 0.3) is 0 Å². The summed E-state index contributed by atoms with van der Waals surface area (Å²) in [6.07, 6.45) is 0. The first-order valence-corrected chi connectivity index (χ1v) is 30.7. The van der Waals surface area contributed by atoms with Gasteiger partial charge < -0.3 is 15.8 Å². The SMILES string of the molecule is CC1(C)c2cccc(P(c3ccccc3)c3ccccc3)c2Oc2c(P(c3ccccc3)c3ccccc3)cccc21.Clc1cc(Cl)c2ccccc2n1.Fc1ccc(CNc2cc(Cl)c3ccccc3n2)cc1.NCc1ccc(F)cc1. The number of fused-ring (bicyclic) bond motifs is 4. The molecule has 412 valence electrons. The van der Waals surface area contributed by atoms with Gasteiger partial charge in [0.15, 0.2) is 0 Å². The summed E-state index contributed by atoms with van der Waals surface area (Å²) in [6, 6.07) is 88.5. The van der Waals surface area contributed by atoms with E-state index in [0.29, 0.717) is 34.1 Å². The second-order valence-corrected chi connectivity index (χ2v) is 25.4. The van der Waals surface area contributed by atoms with Crippen LogP contribution < -0.4 is 47.6 Å². The zero-order valence-electron chi connectivity index (χ0n) is 45.5. The number of rotatable bonds is 10. The predicted octanol–water partition coefficient (Wildman–Crippen LogP) is 17.1. The summed E-state index contributed by atoms with van der Waals surface area (Å²) in [6.45, 7) is 5.74. The average Bonchev–Trinajstić information content (AvgIpc) is 3.61. The molecule has 0 unspecified atom stereocenters. The van der Waals surface area contributed by atoms with Gasteiger partial charge >= 0.3 is 0 Å². The first kappa shape index (κ1) is 58.4. The van der Waals surface area contributed by atoms with E-state index in [-0.39, 0.29) is 17.0 Å². The van der Waals surface area contributed by atoms with E-state index in [2.05, 4.69) is 187 Å². The Morgan fingerprint density at radius 2 is 0.831 bits per heavy atom. The van der Waals surface area contributed by atoms with E-state index in [1.165, 1.54) is 67.2 Å². The van der Waals surface area contributed by atoms with Crippen molar-refractivity contribution in [2.75, 3.05) is 5.32 Å². The third-order valence-corrected chi connectivity index (χ3v) is 19.7. The van der Waals surface area contributed by atoms with Crippen molar-refractivity contribution >= 4 is 110 Å². The minimum atomic E-state index is -0.824. The third kappa shape index (κ3) is 14.2. The van der Waals surface area contributed by atoms with Gasteiger partial charge in [-0.15, -0.1) is 0 Å². The first-order chi connectivity index (χ1) is 40.4. The molecule has 0 atom stereocenters. The highest BCUT2D eigenvalue weighted by Gasteiger charge is 2.39. The number of hydrogen-bond acceptors (Lipinski definition) is 5. The number of para-hydroxylation sites is 4. The Balaban J connectivity index is 0.000000153. The first-order valence-electron chi connectivity index (χ1n) is 26.9. The van der Waals surface area contributed by atoms with Gasteiger partial charge in [0, 0.05) is 51.0 Å². The van der Waals surface area contributed by atoms with E-state index in [1.54, 1.807) is 36.4 Å². The molecule has 5 nitrogen and oxygen atoms in total. The molecule has 10 aromatic carbocycles. The standard InChI is InChI=1S/C39H32OP2.C16H12ClFN2.C9H5Cl2N.C7H8FN/c1-39(2)33-25-15-27-35(41(29-17-7-3-8-18-29)30-19-9-4-10-20-30)37(33)40-38-34(39)26-16-28-36(38)42(31-21-11-5-12-22-31)32-23-13-6-14-24-32;17-14-9-16(20-15-4-2-1-3-13(14)15)19-10-11-5-7-12(18)8-6-11;10-7-5-9(11)12-8-4-2-1-3-6(7)8;8-7-3-1-6(5-9)2-4-7/h3-28H,1-2H3;1-9H,10H2,(H,19,20);1-5H;1-4H,5,9H2. The number of aromatic nitrogens is 2. The summed E-state index contributed by atoms with van der Waals surface area (Å²) < 4.78 is 32.3. The molecule has 0 saturated heterocycles. The van der Waals surface area contributed by atoms with Crippen molar-refractivity contribution in [3.8, 4) is 11.5 Å². The number of nitrogens with two attached hydrogens (primary N) is 1. The molecule has 3 N–H and O–H groups in total. The topological polar surface area (TPSA) is 73.1 Å². The zero-order valence-corrected chi connectivity index (χ0v) is 49.5. The van der Waals surface area contributed by atoms with Crippen molar-refractivity contribution in [1.29, 1.82) is 0 Å². The second kappa shape index (κ2) is 27.5. The molecule has 13 rings (SSSR count). The molecule has 0 amide bonds. The van der Waals surface area contributed by atoms with Crippen LogP contribution in [-0.2, 0) is 18.5 Å². The lowest BCUT2D eigenvalue weighted by Crippen LogP contribution is -2.32. The molecule has 2 aromatic heterocycles. The zero-order chi connectivity index (χ0) is 57.7. The van der Waals surface area contributed by atoms with Crippen molar-refractivity contribution in [2.45, 2.75) is 32.4 Å². The smallest absolute Gasteiger partial charge is 0.139 e. The number of nitrogens with zero attached hydrogens (tertiary/aromatic N) is 2. The van der Waals surface area contributed by atoms with E-state index in [0.717, 1.165) is 44.4 Å². The summed E-state index contributed by atoms with van der Waals surface area (Å²) >= 11 is 17.9. The highest BCUT2D eigenvalue weighted by atomic mass is 35.5. The summed E-state index contributed by atoms with van der Waals surface area (Å²) in [5, 5.41) is 14.6. The molecule has 0 fully saturated rings. The molecular formula is C71H57Cl3F2N4OP2. The molecule has 0 bridgehead atoms. The van der Waals surface area contributed by atoms with Crippen LogP contribution >= 0.6 is 50.6 Å². The lowest BCUT2D eigenvalue weighted by molar-refractivity contribution is 0.425. The Labute approximate surface area is 501 Å². The number of ether oxygens (including phenoxy) is 1. The van der Waals surface area contributed by atoms with E-state index >= 15 is 0 Å². The van der Waals surface area contributed by atoms with Crippen LogP contribution in [0.3, 0.4) is 0 Å². The van der Waals surface area contributed by atoms with Crippen LogP contribution in [0, 0.1) is 11.6 Å². The van der Waals surface area contributed by atoms with Crippen molar-refractivity contribution in [3.05, 3.63) is 316 Å². The molecule has 0 aliphatic carbocycles. The van der Waals surface area contributed by atoms with Crippen molar-refractivity contribution in [2.24, 2.45) is 5.73 Å². The van der Waals surface area contributed by atoms with Crippen molar-refractivity contribution in [3.63, 3.8) is 0 Å². The van der Waals surface area contributed by atoms with Crippen LogP contribution in [0.25, 0.3) is 21.8 Å². The Morgan fingerprint density at radius 3 is 1.27 bits per heavy atom. The largest absolute Gasteiger partial charge is 0.455 e. The molecule has 1 aliphatic rings. The lowest BCUT2D eigenvalue weighted by atomic mass is 9.76. The normalized spacial score (nSPS) is 11.9. The van der Waals surface area contributed by atoms with Gasteiger partial charge in [0.1, 0.15) is 34.1 Å². The van der Waals surface area contributed by atoms with Crippen LogP contribution in [-0.4, -0.2) is 9.97 Å². The second-order valence-electron chi connectivity index (χ2n) is 19.8. The summed E-state index contributed by atoms with van der Waals surface area (Å²) in [7, 11) is -1.65. The average molecular weight is 1190 g/mol. The Kier molecular flexibility index (Phi) is 19.3. The number of pyridine rings is 2. The summed E-state index contributed by atoms with van der Waals surface area (Å²) in [5.74, 6) is 2.28. The van der Waals surface area contributed by atoms with Crippen LogP contribution in [0.1, 0.15) is 36.1 Å². The summed E-state index contributed by atoms with van der Waals surface area (Å²) in [4.78, 5) is 8.62. The van der Waals surface area contributed by atoms with Crippen LogP contribution in [0.2, 0.25) is 15.2 Å². The molecule has 3 heterocycles. The number of halogens is 5. The predicted molar refractivity (Wildman–Crippen MR) is 349 cm³/mol. The van der Waals surface area contributed by atoms with Gasteiger partial charge in [0.05, 0.1) is 21.1 Å².